The summed E-state index contributed by atoms with van der Waals surface area (Å²) in [7, 11) is 0. The summed E-state index contributed by atoms with van der Waals surface area (Å²) in [6, 6.07) is 18.9. The molecular formula is C18H12N4O2. The molecule has 0 spiro atoms. The van der Waals surface area contributed by atoms with E-state index < -0.39 is 5.97 Å². The van der Waals surface area contributed by atoms with Gasteiger partial charge in [-0.2, -0.15) is 15.6 Å². The zero-order valence-electron chi connectivity index (χ0n) is 12.5. The van der Waals surface area contributed by atoms with Crippen molar-refractivity contribution in [3.05, 3.63) is 65.7 Å². The van der Waals surface area contributed by atoms with Gasteiger partial charge in [0.05, 0.1) is 11.3 Å². The van der Waals surface area contributed by atoms with Gasteiger partial charge in [-0.3, -0.25) is 5.43 Å². The van der Waals surface area contributed by atoms with Gasteiger partial charge in [-0.25, -0.2) is 4.79 Å². The first-order valence-corrected chi connectivity index (χ1v) is 6.88. The smallest absolute Gasteiger partial charge is 0.336 e. The third-order valence-electron chi connectivity index (χ3n) is 3.05. The van der Waals surface area contributed by atoms with E-state index in [-0.39, 0.29) is 11.3 Å². The van der Waals surface area contributed by atoms with Crippen molar-refractivity contribution >= 4 is 29.0 Å². The number of hydrazone groups is 1. The molecule has 0 unspecified atom stereocenters. The molecule has 0 bridgehead atoms. The summed E-state index contributed by atoms with van der Waals surface area (Å²) >= 11 is 0. The highest BCUT2D eigenvalue weighted by Crippen LogP contribution is 2.19. The number of benzene rings is 2. The number of nitriles is 2. The summed E-state index contributed by atoms with van der Waals surface area (Å²) in [4.78, 5) is 11.5. The van der Waals surface area contributed by atoms with Crippen LogP contribution in [-0.2, 0) is 4.79 Å². The Morgan fingerprint density at radius 1 is 1.04 bits per heavy atom. The second-order valence-electron chi connectivity index (χ2n) is 4.65. The lowest BCUT2D eigenvalue weighted by Crippen LogP contribution is -1.99. The summed E-state index contributed by atoms with van der Waals surface area (Å²) in [5.74, 6) is -1.01. The molecular weight excluding hydrogens is 304 g/mol. The van der Waals surface area contributed by atoms with E-state index in [9.17, 15) is 9.90 Å². The minimum atomic E-state index is -1.01. The summed E-state index contributed by atoms with van der Waals surface area (Å²) in [6.07, 6.45) is 1.57. The lowest BCUT2D eigenvalue weighted by atomic mass is 10.0. The van der Waals surface area contributed by atoms with Crippen molar-refractivity contribution in [1.29, 1.82) is 10.5 Å². The molecule has 0 saturated carbocycles. The predicted octanol–water partition coefficient (Wildman–Crippen LogP) is 3.13. The van der Waals surface area contributed by atoms with Crippen LogP contribution in [0.3, 0.4) is 0 Å². The van der Waals surface area contributed by atoms with Crippen LogP contribution in [0.1, 0.15) is 11.1 Å². The van der Waals surface area contributed by atoms with Crippen LogP contribution >= 0.6 is 0 Å². The molecule has 0 saturated heterocycles. The van der Waals surface area contributed by atoms with Crippen LogP contribution in [0.4, 0.5) is 5.69 Å². The molecule has 6 heteroatoms. The van der Waals surface area contributed by atoms with Crippen LogP contribution in [0.5, 0.6) is 0 Å². The normalized spacial score (nSPS) is 10.2. The number of hydrogen-bond acceptors (Lipinski definition) is 5. The Morgan fingerprint density at radius 3 is 2.21 bits per heavy atom. The highest BCUT2D eigenvalue weighted by Gasteiger charge is 2.09. The van der Waals surface area contributed by atoms with Crippen molar-refractivity contribution in [3.63, 3.8) is 0 Å². The Balaban J connectivity index is 2.24. The van der Waals surface area contributed by atoms with Crippen LogP contribution in [0, 0.1) is 22.7 Å². The van der Waals surface area contributed by atoms with Crippen molar-refractivity contribution in [2.45, 2.75) is 0 Å². The van der Waals surface area contributed by atoms with Crippen molar-refractivity contribution in [2.24, 2.45) is 5.10 Å². The third-order valence-corrected chi connectivity index (χ3v) is 3.05. The predicted molar refractivity (Wildman–Crippen MR) is 90.7 cm³/mol. The van der Waals surface area contributed by atoms with Gasteiger partial charge in [0, 0.05) is 0 Å². The minimum Gasteiger partial charge on any atom is -0.478 e. The van der Waals surface area contributed by atoms with E-state index in [2.05, 4.69) is 10.5 Å². The molecule has 116 valence electrons. The number of nitrogens with zero attached hydrogens (tertiary/aromatic N) is 3. The monoisotopic (exact) mass is 316 g/mol. The van der Waals surface area contributed by atoms with Crippen molar-refractivity contribution < 1.29 is 9.90 Å². The van der Waals surface area contributed by atoms with E-state index in [1.54, 1.807) is 66.7 Å². The van der Waals surface area contributed by atoms with Crippen LogP contribution < -0.4 is 5.43 Å². The zero-order valence-corrected chi connectivity index (χ0v) is 12.5. The van der Waals surface area contributed by atoms with Gasteiger partial charge < -0.3 is 5.11 Å². The average Bonchev–Trinajstić information content (AvgIpc) is 2.62. The largest absolute Gasteiger partial charge is 0.478 e. The summed E-state index contributed by atoms with van der Waals surface area (Å²) in [5.41, 5.74) is 4.38. The van der Waals surface area contributed by atoms with Gasteiger partial charge in [-0.05, 0) is 29.3 Å². The number of carbonyl (C=O) groups is 1. The van der Waals surface area contributed by atoms with Crippen molar-refractivity contribution in [1.82, 2.24) is 0 Å². The van der Waals surface area contributed by atoms with E-state index in [1.165, 1.54) is 0 Å². The number of carboxylic acid groups (broad SMARTS) is 1. The molecule has 6 nitrogen and oxygen atoms in total. The molecule has 0 aromatic heterocycles. The summed E-state index contributed by atoms with van der Waals surface area (Å²) in [5, 5.41) is 30.2. The topological polar surface area (TPSA) is 109 Å². The average molecular weight is 316 g/mol. The maximum absolute atomic E-state index is 11.5. The number of hydrogen-bond donors (Lipinski definition) is 2. The lowest BCUT2D eigenvalue weighted by molar-refractivity contribution is -0.130. The number of carboxylic acids is 1. The van der Waals surface area contributed by atoms with E-state index in [0.717, 1.165) is 0 Å². The van der Waals surface area contributed by atoms with Gasteiger partial charge in [0.25, 0.3) is 0 Å². The van der Waals surface area contributed by atoms with Crippen LogP contribution in [0.25, 0.3) is 11.6 Å². The first kappa shape index (κ1) is 16.5. The Hall–Kier alpha value is -3.90. The quantitative estimate of drug-likeness (QED) is 0.381. The highest BCUT2D eigenvalue weighted by molar-refractivity contribution is 6.20. The van der Waals surface area contributed by atoms with Gasteiger partial charge in [0.15, 0.2) is 0 Å². The number of nitrogens with one attached hydrogen (secondary N) is 1. The standard InChI is InChI=1S/C18H12N4O2/c19-11-16(12-20)22-21-15-8-6-13(7-9-15)10-17(18(23)24)14-4-2-1-3-5-14/h1-10,21H,(H,23,24). The fourth-order valence-electron chi connectivity index (χ4n) is 1.90. The number of rotatable bonds is 5. The Kier molecular flexibility index (Phi) is 5.44. The first-order chi connectivity index (χ1) is 11.6. The zero-order chi connectivity index (χ0) is 17.4. The van der Waals surface area contributed by atoms with Gasteiger partial charge in [0.2, 0.25) is 5.71 Å². The van der Waals surface area contributed by atoms with Gasteiger partial charge >= 0.3 is 5.97 Å². The molecule has 0 amide bonds. The summed E-state index contributed by atoms with van der Waals surface area (Å²) < 4.78 is 0. The molecule has 2 N–H and O–H groups in total. The summed E-state index contributed by atoms with van der Waals surface area (Å²) in [6.45, 7) is 0. The molecule has 0 aliphatic carbocycles. The Bertz CT molecular complexity index is 854. The SMILES string of the molecule is N#CC(C#N)=NNc1ccc(C=C(C(=O)O)c2ccccc2)cc1. The highest BCUT2D eigenvalue weighted by atomic mass is 16.4. The molecule has 24 heavy (non-hydrogen) atoms. The van der Waals surface area contributed by atoms with Gasteiger partial charge in [-0.1, -0.05) is 42.5 Å². The Labute approximate surface area is 138 Å². The Morgan fingerprint density at radius 2 is 1.67 bits per heavy atom. The van der Waals surface area contributed by atoms with E-state index in [1.807, 2.05) is 6.07 Å². The second kappa shape index (κ2) is 7.92. The first-order valence-electron chi connectivity index (χ1n) is 6.88. The fraction of sp³-hybridized carbons (Fsp3) is 0. The van der Waals surface area contributed by atoms with Crippen LogP contribution in [0.2, 0.25) is 0 Å². The third kappa shape index (κ3) is 4.30. The number of aliphatic carboxylic acids is 1. The van der Waals surface area contributed by atoms with Crippen molar-refractivity contribution in [3.8, 4) is 12.1 Å². The molecule has 2 aromatic carbocycles. The molecule has 0 aliphatic heterocycles. The minimum absolute atomic E-state index is 0.186. The molecule has 0 heterocycles. The molecule has 0 atom stereocenters. The van der Waals surface area contributed by atoms with E-state index in [0.29, 0.717) is 16.8 Å². The molecule has 0 aliphatic rings. The van der Waals surface area contributed by atoms with Crippen LogP contribution in [0.15, 0.2) is 59.7 Å². The number of anilines is 1. The van der Waals surface area contributed by atoms with Gasteiger partial charge in [0.1, 0.15) is 12.1 Å². The molecule has 2 rings (SSSR count). The van der Waals surface area contributed by atoms with E-state index >= 15 is 0 Å². The molecule has 0 fully saturated rings. The second-order valence-corrected chi connectivity index (χ2v) is 4.65. The maximum Gasteiger partial charge on any atom is 0.336 e. The van der Waals surface area contributed by atoms with Crippen LogP contribution in [-0.4, -0.2) is 16.8 Å². The van der Waals surface area contributed by atoms with Gasteiger partial charge in [-0.15, -0.1) is 0 Å². The van der Waals surface area contributed by atoms with Crippen molar-refractivity contribution in [2.75, 3.05) is 5.43 Å². The molecule has 0 radical (unpaired) electrons. The fourth-order valence-corrected chi connectivity index (χ4v) is 1.90. The lowest BCUT2D eigenvalue weighted by Gasteiger charge is -2.04. The maximum atomic E-state index is 11.5. The molecule has 2 aromatic rings. The van der Waals surface area contributed by atoms with E-state index in [4.69, 9.17) is 10.5 Å².